The second kappa shape index (κ2) is 12.1. The Hall–Kier alpha value is -1.40. The molecule has 0 aromatic carbocycles. The summed E-state index contributed by atoms with van der Waals surface area (Å²) in [4.78, 5) is 3.90. The molecule has 0 saturated carbocycles. The average molecular weight is 396 g/mol. The second-order valence-corrected chi connectivity index (χ2v) is 6.82. The molecule has 0 aromatic rings. The fourth-order valence-electron chi connectivity index (χ4n) is 2.80. The van der Waals surface area contributed by atoms with E-state index in [1.54, 1.807) is 26.8 Å². The maximum absolute atomic E-state index is 13.7. The standard InChI is InChI=1S/C20H33F5N2/c1-6-10-16(15(5)12-19(21,22)9-4)13-26-18(8-3)27-14-17(11-7-2)20(23,24)25/h8,11,14-16,26H,6-7,9-10,12-13H2,1-5H3/b17-11+,18-8-,27-14+. The van der Waals surface area contributed by atoms with Crippen molar-refractivity contribution in [1.82, 2.24) is 5.32 Å². The molecule has 0 radical (unpaired) electrons. The lowest BCUT2D eigenvalue weighted by Gasteiger charge is -2.27. The second-order valence-electron chi connectivity index (χ2n) is 6.82. The summed E-state index contributed by atoms with van der Waals surface area (Å²) < 4.78 is 66.1. The fraction of sp³-hybridized carbons (Fsp3) is 0.750. The summed E-state index contributed by atoms with van der Waals surface area (Å²) in [6.45, 7) is 8.93. The number of nitrogens with one attached hydrogen (secondary N) is 1. The van der Waals surface area contributed by atoms with E-state index in [0.717, 1.165) is 25.1 Å². The lowest BCUT2D eigenvalue weighted by molar-refractivity contribution is -0.0858. The van der Waals surface area contributed by atoms with Crippen LogP contribution in [0.5, 0.6) is 0 Å². The number of hydrogen-bond acceptors (Lipinski definition) is 2. The number of aliphatic imine (C=N–C) groups is 1. The van der Waals surface area contributed by atoms with Crippen molar-refractivity contribution in [3.8, 4) is 0 Å². The topological polar surface area (TPSA) is 24.4 Å². The van der Waals surface area contributed by atoms with Crippen molar-refractivity contribution in [2.45, 2.75) is 78.8 Å². The smallest absolute Gasteiger partial charge is 0.370 e. The molecule has 0 aliphatic carbocycles. The van der Waals surface area contributed by atoms with Crippen LogP contribution in [0.2, 0.25) is 0 Å². The first-order chi connectivity index (χ1) is 12.5. The van der Waals surface area contributed by atoms with Crippen LogP contribution in [0, 0.1) is 11.8 Å². The van der Waals surface area contributed by atoms with Crippen LogP contribution < -0.4 is 5.32 Å². The Labute approximate surface area is 160 Å². The highest BCUT2D eigenvalue weighted by Gasteiger charge is 2.32. The van der Waals surface area contributed by atoms with Crippen molar-refractivity contribution in [2.24, 2.45) is 16.8 Å². The summed E-state index contributed by atoms with van der Waals surface area (Å²) in [6, 6.07) is 0. The van der Waals surface area contributed by atoms with E-state index in [0.29, 0.717) is 12.4 Å². The highest BCUT2D eigenvalue weighted by Crippen LogP contribution is 2.32. The molecule has 0 amide bonds. The van der Waals surface area contributed by atoms with Crippen LogP contribution in [-0.4, -0.2) is 24.9 Å². The Balaban J connectivity index is 5.02. The Morgan fingerprint density at radius 3 is 2.19 bits per heavy atom. The Morgan fingerprint density at radius 2 is 1.74 bits per heavy atom. The fourth-order valence-corrected chi connectivity index (χ4v) is 2.80. The molecule has 0 heterocycles. The van der Waals surface area contributed by atoms with Crippen LogP contribution in [0.15, 0.2) is 28.5 Å². The first kappa shape index (κ1) is 25.6. The predicted octanol–water partition coefficient (Wildman–Crippen LogP) is 6.89. The van der Waals surface area contributed by atoms with E-state index in [2.05, 4.69) is 10.3 Å². The number of rotatable bonds is 12. The molecular weight excluding hydrogens is 363 g/mol. The van der Waals surface area contributed by atoms with Crippen LogP contribution >= 0.6 is 0 Å². The van der Waals surface area contributed by atoms with Crippen LogP contribution in [0.4, 0.5) is 22.0 Å². The highest BCUT2D eigenvalue weighted by molar-refractivity contribution is 5.80. The zero-order chi connectivity index (χ0) is 21.1. The van der Waals surface area contributed by atoms with E-state index < -0.39 is 17.7 Å². The summed E-state index contributed by atoms with van der Waals surface area (Å²) in [7, 11) is 0. The van der Waals surface area contributed by atoms with Crippen LogP contribution in [0.1, 0.15) is 66.7 Å². The van der Waals surface area contributed by atoms with Crippen molar-refractivity contribution in [3.63, 3.8) is 0 Å². The van der Waals surface area contributed by atoms with Gasteiger partial charge in [0, 0.05) is 25.6 Å². The van der Waals surface area contributed by atoms with E-state index in [-0.39, 0.29) is 31.1 Å². The van der Waals surface area contributed by atoms with E-state index in [1.165, 1.54) is 6.92 Å². The first-order valence-corrected chi connectivity index (χ1v) is 9.60. The first-order valence-electron chi connectivity index (χ1n) is 9.60. The molecule has 7 heteroatoms. The monoisotopic (exact) mass is 396 g/mol. The minimum Gasteiger partial charge on any atom is -0.370 e. The quantitative estimate of drug-likeness (QED) is 0.282. The third kappa shape index (κ3) is 10.5. The lowest BCUT2D eigenvalue weighted by Crippen LogP contribution is -2.30. The summed E-state index contributed by atoms with van der Waals surface area (Å²) in [6.07, 6.45) is 0.467. The zero-order valence-electron chi connectivity index (χ0n) is 17.0. The SMILES string of the molecule is C\C=C(/N=C/C(=C\CC)C(F)(F)F)NCC(CCC)C(C)CC(F)(F)CC. The lowest BCUT2D eigenvalue weighted by atomic mass is 9.85. The largest absolute Gasteiger partial charge is 0.417 e. The predicted molar refractivity (Wildman–Crippen MR) is 102 cm³/mol. The van der Waals surface area contributed by atoms with E-state index >= 15 is 0 Å². The molecule has 0 aliphatic rings. The van der Waals surface area contributed by atoms with Gasteiger partial charge in [-0.3, -0.25) is 0 Å². The Morgan fingerprint density at radius 1 is 1.11 bits per heavy atom. The maximum Gasteiger partial charge on any atom is 0.417 e. The molecule has 0 bridgehead atoms. The van der Waals surface area contributed by atoms with Gasteiger partial charge in [0.25, 0.3) is 0 Å². The van der Waals surface area contributed by atoms with Crippen LogP contribution in [0.25, 0.3) is 0 Å². The average Bonchev–Trinajstić information content (AvgIpc) is 2.58. The number of nitrogens with zero attached hydrogens (tertiary/aromatic N) is 1. The molecule has 0 aliphatic heterocycles. The molecule has 158 valence electrons. The number of alkyl halides is 5. The number of allylic oxidation sites excluding steroid dienone is 3. The van der Waals surface area contributed by atoms with E-state index in [9.17, 15) is 22.0 Å². The summed E-state index contributed by atoms with van der Waals surface area (Å²) in [5, 5.41) is 3.01. The minimum atomic E-state index is -4.46. The van der Waals surface area contributed by atoms with Crippen molar-refractivity contribution < 1.29 is 22.0 Å². The molecule has 27 heavy (non-hydrogen) atoms. The van der Waals surface area contributed by atoms with Gasteiger partial charge in [0.1, 0.15) is 5.82 Å². The molecule has 0 saturated heterocycles. The molecule has 0 fully saturated rings. The van der Waals surface area contributed by atoms with Crippen molar-refractivity contribution in [1.29, 1.82) is 0 Å². The Kier molecular flexibility index (Phi) is 11.5. The van der Waals surface area contributed by atoms with Crippen LogP contribution in [-0.2, 0) is 0 Å². The molecular formula is C20H33F5N2. The van der Waals surface area contributed by atoms with E-state index in [1.807, 2.05) is 6.92 Å². The maximum atomic E-state index is 13.7. The van der Waals surface area contributed by atoms with E-state index in [4.69, 9.17) is 0 Å². The van der Waals surface area contributed by atoms with Gasteiger partial charge in [-0.1, -0.05) is 40.2 Å². The third-order valence-electron chi connectivity index (χ3n) is 4.51. The number of hydrogen-bond donors (Lipinski definition) is 1. The summed E-state index contributed by atoms with van der Waals surface area (Å²) in [5.41, 5.74) is -0.799. The molecule has 0 spiro atoms. The van der Waals surface area contributed by atoms with Gasteiger partial charge in [0.15, 0.2) is 0 Å². The van der Waals surface area contributed by atoms with Gasteiger partial charge in [0.05, 0.1) is 5.57 Å². The van der Waals surface area contributed by atoms with Gasteiger partial charge >= 0.3 is 6.18 Å². The molecule has 2 atom stereocenters. The molecule has 1 N–H and O–H groups in total. The van der Waals surface area contributed by atoms with Gasteiger partial charge < -0.3 is 5.32 Å². The Bertz CT molecular complexity index is 507. The summed E-state index contributed by atoms with van der Waals surface area (Å²) in [5.74, 6) is -2.61. The molecule has 0 rings (SSSR count). The van der Waals surface area contributed by atoms with Gasteiger partial charge in [-0.2, -0.15) is 13.2 Å². The van der Waals surface area contributed by atoms with Crippen molar-refractivity contribution in [2.75, 3.05) is 6.54 Å². The van der Waals surface area contributed by atoms with Crippen LogP contribution in [0.3, 0.4) is 0 Å². The molecule has 0 aromatic heterocycles. The highest BCUT2D eigenvalue weighted by atomic mass is 19.4. The van der Waals surface area contributed by atoms with Crippen molar-refractivity contribution in [3.05, 3.63) is 23.5 Å². The van der Waals surface area contributed by atoms with Gasteiger partial charge in [0.2, 0.25) is 5.92 Å². The third-order valence-corrected chi connectivity index (χ3v) is 4.51. The minimum absolute atomic E-state index is 0.00848. The zero-order valence-corrected chi connectivity index (χ0v) is 17.0. The van der Waals surface area contributed by atoms with Crippen molar-refractivity contribution >= 4 is 6.21 Å². The normalized spacial score (nSPS) is 16.7. The van der Waals surface area contributed by atoms with Gasteiger partial charge in [-0.25, -0.2) is 13.8 Å². The number of halogens is 5. The molecule has 2 unspecified atom stereocenters. The molecule has 2 nitrogen and oxygen atoms in total. The summed E-state index contributed by atoms with van der Waals surface area (Å²) >= 11 is 0. The van der Waals surface area contributed by atoms with Gasteiger partial charge in [-0.15, -0.1) is 0 Å². The van der Waals surface area contributed by atoms with Gasteiger partial charge in [-0.05, 0) is 37.7 Å².